The van der Waals surface area contributed by atoms with E-state index in [-0.39, 0.29) is 0 Å². The molecule has 3 rings (SSSR count). The fourth-order valence-electron chi connectivity index (χ4n) is 4.96. The van der Waals surface area contributed by atoms with Gasteiger partial charge in [0.25, 0.3) is 0 Å². The van der Waals surface area contributed by atoms with Gasteiger partial charge in [-0.15, -0.1) is 0 Å². The highest BCUT2D eigenvalue weighted by Gasteiger charge is 2.25. The van der Waals surface area contributed by atoms with Gasteiger partial charge in [-0.1, -0.05) is 95.4 Å². The third kappa shape index (κ3) is 7.05. The molecule has 1 fully saturated rings. The minimum absolute atomic E-state index is 0.788. The van der Waals surface area contributed by atoms with Gasteiger partial charge in [0.2, 0.25) is 0 Å². The highest BCUT2D eigenvalue weighted by molar-refractivity contribution is 5.44. The molecule has 160 valence electrons. The molecule has 30 heavy (non-hydrogen) atoms. The molecule has 0 amide bonds. The Balaban J connectivity index is 1.47. The molecule has 0 radical (unpaired) electrons. The molecular weight excluding hydrogens is 360 g/mol. The molecule has 0 spiro atoms. The molecule has 0 saturated heterocycles. The summed E-state index contributed by atoms with van der Waals surface area (Å²) in [5.74, 6) is 9.33. The van der Waals surface area contributed by atoms with Crippen LogP contribution in [-0.4, -0.2) is 0 Å². The zero-order valence-electron chi connectivity index (χ0n) is 19.4. The van der Waals surface area contributed by atoms with Crippen LogP contribution in [0.3, 0.4) is 0 Å². The van der Waals surface area contributed by atoms with E-state index in [1.54, 1.807) is 0 Å². The maximum Gasteiger partial charge on any atom is 0.0249 e. The molecule has 1 saturated carbocycles. The van der Waals surface area contributed by atoms with Gasteiger partial charge in [0.1, 0.15) is 0 Å². The highest BCUT2D eigenvalue weighted by atomic mass is 14.3. The van der Waals surface area contributed by atoms with Crippen LogP contribution in [0, 0.1) is 29.6 Å². The van der Waals surface area contributed by atoms with E-state index in [2.05, 4.69) is 81.1 Å². The predicted molar refractivity (Wildman–Crippen MR) is 131 cm³/mol. The van der Waals surface area contributed by atoms with E-state index in [0.717, 1.165) is 35.3 Å². The number of rotatable bonds is 8. The van der Waals surface area contributed by atoms with Crippen molar-refractivity contribution < 1.29 is 0 Å². The molecule has 1 aliphatic rings. The molecule has 0 bridgehead atoms. The maximum absolute atomic E-state index is 3.32. The van der Waals surface area contributed by atoms with Gasteiger partial charge in [-0.2, -0.15) is 0 Å². The minimum Gasteiger partial charge on any atom is -0.0654 e. The Bertz CT molecular complexity index is 792. The lowest BCUT2D eigenvalue weighted by atomic mass is 9.73. The van der Waals surface area contributed by atoms with E-state index >= 15 is 0 Å². The Kier molecular flexibility index (Phi) is 9.07. The zero-order chi connectivity index (χ0) is 21.2. The third-order valence-corrected chi connectivity index (χ3v) is 7.14. The largest absolute Gasteiger partial charge is 0.0654 e. The van der Waals surface area contributed by atoms with Crippen molar-refractivity contribution in [3.05, 3.63) is 70.8 Å². The van der Waals surface area contributed by atoms with E-state index in [4.69, 9.17) is 0 Å². The van der Waals surface area contributed by atoms with Crippen LogP contribution in [0.1, 0.15) is 94.4 Å². The first kappa shape index (κ1) is 22.7. The standard InChI is InChI=1S/C30H40/c1-4-6-7-8-26-19-21-30(22-20-26)24(3)23-29-17-15-28(16-18-29)14-13-27-11-9-25(5-2)10-12-27/h9-12,15-18,24,26,30H,4-8,19-23H2,1-3H3. The van der Waals surface area contributed by atoms with Crippen molar-refractivity contribution in [2.45, 2.75) is 85.0 Å². The average molecular weight is 401 g/mol. The lowest BCUT2D eigenvalue weighted by molar-refractivity contribution is 0.204. The zero-order valence-corrected chi connectivity index (χ0v) is 19.4. The van der Waals surface area contributed by atoms with Gasteiger partial charge in [-0.05, 0) is 78.8 Å². The first-order valence-electron chi connectivity index (χ1n) is 12.4. The number of aryl methyl sites for hydroxylation is 1. The van der Waals surface area contributed by atoms with Crippen molar-refractivity contribution in [1.29, 1.82) is 0 Å². The summed E-state index contributed by atoms with van der Waals surface area (Å²) in [5, 5.41) is 0. The summed E-state index contributed by atoms with van der Waals surface area (Å²) in [6.45, 7) is 6.96. The predicted octanol–water partition coefficient (Wildman–Crippen LogP) is 8.21. The van der Waals surface area contributed by atoms with Gasteiger partial charge in [-0.25, -0.2) is 0 Å². The molecule has 1 aliphatic carbocycles. The minimum atomic E-state index is 0.788. The second kappa shape index (κ2) is 12.0. The normalized spacial score (nSPS) is 19.7. The molecule has 1 atom stereocenters. The average Bonchev–Trinajstić information content (AvgIpc) is 2.79. The van der Waals surface area contributed by atoms with Crippen LogP contribution >= 0.6 is 0 Å². The molecule has 2 aromatic rings. The van der Waals surface area contributed by atoms with Crippen molar-refractivity contribution in [2.24, 2.45) is 17.8 Å². The van der Waals surface area contributed by atoms with E-state index < -0.39 is 0 Å². The van der Waals surface area contributed by atoms with Crippen molar-refractivity contribution in [3.8, 4) is 11.8 Å². The lowest BCUT2D eigenvalue weighted by Gasteiger charge is -2.32. The van der Waals surface area contributed by atoms with E-state index in [9.17, 15) is 0 Å². The van der Waals surface area contributed by atoms with Crippen LogP contribution in [0.15, 0.2) is 48.5 Å². The van der Waals surface area contributed by atoms with Crippen LogP contribution in [0.4, 0.5) is 0 Å². The molecular formula is C30H40. The van der Waals surface area contributed by atoms with E-state index in [1.165, 1.54) is 68.9 Å². The maximum atomic E-state index is 3.32. The Hall–Kier alpha value is -2.00. The first-order chi connectivity index (χ1) is 14.7. The summed E-state index contributed by atoms with van der Waals surface area (Å²) in [5.41, 5.74) is 5.03. The summed E-state index contributed by atoms with van der Waals surface area (Å²) in [6, 6.07) is 17.6. The topological polar surface area (TPSA) is 0 Å². The summed E-state index contributed by atoms with van der Waals surface area (Å²) in [7, 11) is 0. The Morgan fingerprint density at radius 2 is 1.33 bits per heavy atom. The number of hydrogen-bond acceptors (Lipinski definition) is 0. The second-order valence-corrected chi connectivity index (χ2v) is 9.46. The molecule has 2 aromatic carbocycles. The Morgan fingerprint density at radius 1 is 0.767 bits per heavy atom. The van der Waals surface area contributed by atoms with Crippen LogP contribution in [0.2, 0.25) is 0 Å². The van der Waals surface area contributed by atoms with Gasteiger partial charge < -0.3 is 0 Å². The van der Waals surface area contributed by atoms with Gasteiger partial charge in [-0.3, -0.25) is 0 Å². The van der Waals surface area contributed by atoms with Crippen molar-refractivity contribution in [2.75, 3.05) is 0 Å². The Labute approximate surface area is 185 Å². The first-order valence-corrected chi connectivity index (χ1v) is 12.4. The number of unbranched alkanes of at least 4 members (excludes halogenated alkanes) is 2. The number of benzene rings is 2. The summed E-state index contributed by atoms with van der Waals surface area (Å²) in [4.78, 5) is 0. The lowest BCUT2D eigenvalue weighted by Crippen LogP contribution is -2.21. The Morgan fingerprint density at radius 3 is 1.87 bits per heavy atom. The van der Waals surface area contributed by atoms with Crippen LogP contribution < -0.4 is 0 Å². The van der Waals surface area contributed by atoms with Crippen molar-refractivity contribution >= 4 is 0 Å². The summed E-state index contributed by atoms with van der Waals surface area (Å²) >= 11 is 0. The van der Waals surface area contributed by atoms with Crippen LogP contribution in [0.25, 0.3) is 0 Å². The van der Waals surface area contributed by atoms with Crippen LogP contribution in [0.5, 0.6) is 0 Å². The van der Waals surface area contributed by atoms with E-state index in [0.29, 0.717) is 0 Å². The fourth-order valence-corrected chi connectivity index (χ4v) is 4.96. The van der Waals surface area contributed by atoms with Gasteiger partial charge in [0, 0.05) is 11.1 Å². The van der Waals surface area contributed by atoms with E-state index in [1.807, 2.05) is 0 Å². The van der Waals surface area contributed by atoms with Gasteiger partial charge in [0.15, 0.2) is 0 Å². The quantitative estimate of drug-likeness (QED) is 0.309. The fraction of sp³-hybridized carbons (Fsp3) is 0.533. The summed E-state index contributed by atoms with van der Waals surface area (Å²) < 4.78 is 0. The van der Waals surface area contributed by atoms with Crippen molar-refractivity contribution in [1.82, 2.24) is 0 Å². The molecule has 0 heteroatoms. The number of hydrogen-bond donors (Lipinski definition) is 0. The SMILES string of the molecule is CCCCCC1CCC(C(C)Cc2ccc(C#Cc3ccc(CC)cc3)cc2)CC1. The van der Waals surface area contributed by atoms with Crippen LogP contribution in [-0.2, 0) is 12.8 Å². The second-order valence-electron chi connectivity index (χ2n) is 9.46. The smallest absolute Gasteiger partial charge is 0.0249 e. The van der Waals surface area contributed by atoms with Gasteiger partial charge >= 0.3 is 0 Å². The highest BCUT2D eigenvalue weighted by Crippen LogP contribution is 2.36. The molecule has 1 unspecified atom stereocenters. The van der Waals surface area contributed by atoms with Gasteiger partial charge in [0.05, 0.1) is 0 Å². The molecule has 0 aromatic heterocycles. The molecule has 0 heterocycles. The molecule has 0 nitrogen and oxygen atoms in total. The monoisotopic (exact) mass is 400 g/mol. The van der Waals surface area contributed by atoms with Crippen molar-refractivity contribution in [3.63, 3.8) is 0 Å². The third-order valence-electron chi connectivity index (χ3n) is 7.14. The molecule has 0 aliphatic heterocycles. The summed E-state index contributed by atoms with van der Waals surface area (Å²) in [6.07, 6.45) is 13.8. The molecule has 0 N–H and O–H groups in total.